The molecule has 136 valence electrons. The Bertz CT molecular complexity index is 978. The molecule has 0 unspecified atom stereocenters. The van der Waals surface area contributed by atoms with Crippen molar-refractivity contribution in [3.63, 3.8) is 0 Å². The third-order valence-electron chi connectivity index (χ3n) is 5.47. The van der Waals surface area contributed by atoms with Crippen LogP contribution in [0.4, 0.5) is 0 Å². The molecular weight excluding hydrogens is 354 g/mol. The first-order chi connectivity index (χ1) is 12.4. The molecule has 1 heterocycles. The minimum absolute atomic E-state index is 0.0285. The molecule has 26 heavy (non-hydrogen) atoms. The molecule has 1 aromatic heterocycles. The van der Waals surface area contributed by atoms with E-state index in [2.05, 4.69) is 4.98 Å². The molecular formula is C18H19N3O4S. The van der Waals surface area contributed by atoms with Crippen molar-refractivity contribution in [2.24, 2.45) is 11.8 Å². The second-order valence-electron chi connectivity index (χ2n) is 7.04. The lowest BCUT2D eigenvalue weighted by Crippen LogP contribution is -2.44. The Hall–Kier alpha value is -2.48. The maximum Gasteiger partial charge on any atom is 0.268 e. The standard InChI is InChI=1S/C18H19N3O4S/c1-12-2-8-15(9-3-12)26(24,25)20-10-16(19-11-20)17-13-4-6-14(7-5-13)18(17)21(22)23/h2-4,6,8-11,13-14,17-18H,5,7H2,1H3/t13-,14+,17+,18-/m0/s1. The minimum Gasteiger partial charge on any atom is -0.264 e. The summed E-state index contributed by atoms with van der Waals surface area (Å²) >= 11 is 0. The quantitative estimate of drug-likeness (QED) is 0.466. The van der Waals surface area contributed by atoms with Crippen LogP contribution in [0.5, 0.6) is 0 Å². The number of aryl methyl sites for hydroxylation is 1. The van der Waals surface area contributed by atoms with E-state index in [0.717, 1.165) is 22.4 Å². The van der Waals surface area contributed by atoms with Crippen molar-refractivity contribution in [1.82, 2.24) is 8.96 Å². The zero-order chi connectivity index (χ0) is 18.5. The highest BCUT2D eigenvalue weighted by Gasteiger charge is 2.49. The molecule has 7 nitrogen and oxygen atoms in total. The number of hydrogen-bond donors (Lipinski definition) is 0. The van der Waals surface area contributed by atoms with Crippen LogP contribution in [0.2, 0.25) is 0 Å². The molecule has 0 amide bonds. The van der Waals surface area contributed by atoms with Crippen LogP contribution in [0.1, 0.15) is 30.0 Å². The zero-order valence-corrected chi connectivity index (χ0v) is 15.0. The van der Waals surface area contributed by atoms with Crippen LogP contribution in [-0.2, 0) is 10.0 Å². The molecule has 8 heteroatoms. The first-order valence-electron chi connectivity index (χ1n) is 8.56. The Kier molecular flexibility index (Phi) is 3.95. The van der Waals surface area contributed by atoms with Gasteiger partial charge in [-0.15, -0.1) is 0 Å². The highest BCUT2D eigenvalue weighted by atomic mass is 32.2. The van der Waals surface area contributed by atoms with E-state index in [0.29, 0.717) is 5.69 Å². The predicted molar refractivity (Wildman–Crippen MR) is 94.9 cm³/mol. The summed E-state index contributed by atoms with van der Waals surface area (Å²) in [4.78, 5) is 15.8. The molecule has 5 rings (SSSR count). The Morgan fingerprint density at radius 3 is 2.42 bits per heavy atom. The van der Waals surface area contributed by atoms with E-state index < -0.39 is 16.1 Å². The van der Waals surface area contributed by atoms with Gasteiger partial charge >= 0.3 is 0 Å². The van der Waals surface area contributed by atoms with Gasteiger partial charge in [0, 0.05) is 17.0 Å². The summed E-state index contributed by atoms with van der Waals surface area (Å²) in [6, 6.07) is 5.83. The van der Waals surface area contributed by atoms with Crippen LogP contribution in [0.3, 0.4) is 0 Å². The molecule has 1 saturated carbocycles. The van der Waals surface area contributed by atoms with Crippen LogP contribution in [-0.4, -0.2) is 28.3 Å². The van der Waals surface area contributed by atoms with Gasteiger partial charge in [-0.25, -0.2) is 17.4 Å². The van der Waals surface area contributed by atoms with Crippen molar-refractivity contribution in [2.45, 2.75) is 36.6 Å². The summed E-state index contributed by atoms with van der Waals surface area (Å²) in [7, 11) is -3.76. The lowest BCUT2D eigenvalue weighted by atomic mass is 9.65. The van der Waals surface area contributed by atoms with Gasteiger partial charge in [-0.1, -0.05) is 29.8 Å². The number of imidazole rings is 1. The van der Waals surface area contributed by atoms with E-state index in [4.69, 9.17) is 0 Å². The molecule has 1 aromatic carbocycles. The van der Waals surface area contributed by atoms with Crippen molar-refractivity contribution in [1.29, 1.82) is 0 Å². The lowest BCUT2D eigenvalue weighted by molar-refractivity contribution is -0.539. The second-order valence-corrected chi connectivity index (χ2v) is 8.88. The Balaban J connectivity index is 1.71. The van der Waals surface area contributed by atoms with E-state index in [1.54, 1.807) is 24.3 Å². The van der Waals surface area contributed by atoms with Gasteiger partial charge in [-0.05, 0) is 37.8 Å². The average molecular weight is 373 g/mol. The van der Waals surface area contributed by atoms with Crippen LogP contribution < -0.4 is 0 Å². The van der Waals surface area contributed by atoms with Crippen molar-refractivity contribution >= 4 is 10.0 Å². The number of hydrogen-bond acceptors (Lipinski definition) is 5. The smallest absolute Gasteiger partial charge is 0.264 e. The zero-order valence-electron chi connectivity index (χ0n) is 14.2. The molecule has 0 N–H and O–H groups in total. The summed E-state index contributed by atoms with van der Waals surface area (Å²) < 4.78 is 26.6. The maximum absolute atomic E-state index is 12.8. The summed E-state index contributed by atoms with van der Waals surface area (Å²) in [5, 5.41) is 11.6. The summed E-state index contributed by atoms with van der Waals surface area (Å²) in [5.74, 6) is -0.470. The monoisotopic (exact) mass is 373 g/mol. The van der Waals surface area contributed by atoms with Gasteiger partial charge in [0.25, 0.3) is 10.0 Å². The molecule has 0 radical (unpaired) electrons. The van der Waals surface area contributed by atoms with Crippen LogP contribution >= 0.6 is 0 Å². The molecule has 0 saturated heterocycles. The largest absolute Gasteiger partial charge is 0.268 e. The van der Waals surface area contributed by atoms with E-state index in [1.807, 2.05) is 19.1 Å². The lowest BCUT2D eigenvalue weighted by Gasteiger charge is -2.39. The van der Waals surface area contributed by atoms with E-state index in [1.165, 1.54) is 12.5 Å². The van der Waals surface area contributed by atoms with Gasteiger partial charge in [-0.2, -0.15) is 0 Å². The number of allylic oxidation sites excluding steroid dienone is 1. The summed E-state index contributed by atoms with van der Waals surface area (Å²) in [5.41, 5.74) is 1.44. The van der Waals surface area contributed by atoms with Gasteiger partial charge in [0.1, 0.15) is 6.33 Å². The van der Waals surface area contributed by atoms with E-state index in [-0.39, 0.29) is 27.6 Å². The summed E-state index contributed by atoms with van der Waals surface area (Å²) in [6.45, 7) is 1.88. The third-order valence-corrected chi connectivity index (χ3v) is 7.09. The first kappa shape index (κ1) is 17.0. The third kappa shape index (κ3) is 2.65. The minimum atomic E-state index is -3.76. The number of nitro groups is 1. The maximum atomic E-state index is 12.8. The second kappa shape index (κ2) is 6.05. The normalized spacial score (nSPS) is 27.6. The fourth-order valence-electron chi connectivity index (χ4n) is 4.10. The van der Waals surface area contributed by atoms with Crippen molar-refractivity contribution in [2.75, 3.05) is 0 Å². The molecule has 4 atom stereocenters. The highest BCUT2D eigenvalue weighted by Crippen LogP contribution is 2.46. The molecule has 2 bridgehead atoms. The molecule has 2 aromatic rings. The van der Waals surface area contributed by atoms with Crippen molar-refractivity contribution < 1.29 is 13.3 Å². The number of aromatic nitrogens is 2. The number of rotatable bonds is 4. The fraction of sp³-hybridized carbons (Fsp3) is 0.389. The summed E-state index contributed by atoms with van der Waals surface area (Å²) in [6.07, 6.45) is 8.29. The van der Waals surface area contributed by atoms with Crippen LogP contribution in [0, 0.1) is 28.9 Å². The number of fused-ring (bicyclic) bond motifs is 2. The average Bonchev–Trinajstić information content (AvgIpc) is 3.13. The van der Waals surface area contributed by atoms with Gasteiger partial charge in [0.2, 0.25) is 6.04 Å². The van der Waals surface area contributed by atoms with E-state index in [9.17, 15) is 18.5 Å². The Morgan fingerprint density at radius 1 is 1.15 bits per heavy atom. The molecule has 1 fully saturated rings. The van der Waals surface area contributed by atoms with Gasteiger partial charge in [0.15, 0.2) is 0 Å². The molecule has 3 aliphatic rings. The number of benzene rings is 1. The molecule has 0 spiro atoms. The molecule has 0 aliphatic heterocycles. The first-order valence-corrected chi connectivity index (χ1v) is 10.00. The van der Waals surface area contributed by atoms with Crippen LogP contribution in [0.15, 0.2) is 53.8 Å². The van der Waals surface area contributed by atoms with Crippen molar-refractivity contribution in [3.8, 4) is 0 Å². The van der Waals surface area contributed by atoms with Crippen molar-refractivity contribution in [3.05, 3.63) is 70.3 Å². The Morgan fingerprint density at radius 2 is 1.81 bits per heavy atom. The molecule has 3 aliphatic carbocycles. The van der Waals surface area contributed by atoms with Gasteiger partial charge < -0.3 is 0 Å². The Labute approximate surface area is 151 Å². The van der Waals surface area contributed by atoms with Gasteiger partial charge in [0.05, 0.1) is 16.5 Å². The SMILES string of the molecule is Cc1ccc(S(=O)(=O)n2cnc([C@@H]3[C@@H]([N+](=O)[O-])[C@@H]4C=C[C@H]3CC4)c2)cc1. The fourth-order valence-corrected chi connectivity index (χ4v) is 5.25. The number of nitrogens with zero attached hydrogens (tertiary/aromatic N) is 3. The predicted octanol–water partition coefficient (Wildman–Crippen LogP) is 2.75. The topological polar surface area (TPSA) is 95.1 Å². The van der Waals surface area contributed by atoms with Crippen LogP contribution in [0.25, 0.3) is 0 Å². The van der Waals surface area contributed by atoms with E-state index >= 15 is 0 Å². The highest BCUT2D eigenvalue weighted by molar-refractivity contribution is 7.90. The van der Waals surface area contributed by atoms with Gasteiger partial charge in [-0.3, -0.25) is 10.1 Å².